The van der Waals surface area contributed by atoms with Gasteiger partial charge in [0.15, 0.2) is 0 Å². The van der Waals surface area contributed by atoms with Gasteiger partial charge in [0.25, 0.3) is 0 Å². The van der Waals surface area contributed by atoms with E-state index in [2.05, 4.69) is 12.2 Å². The van der Waals surface area contributed by atoms with Crippen LogP contribution >= 0.6 is 0 Å². The van der Waals surface area contributed by atoms with Crippen LogP contribution in [0.1, 0.15) is 32.6 Å². The van der Waals surface area contributed by atoms with Crippen molar-refractivity contribution in [3.63, 3.8) is 0 Å². The zero-order valence-electron chi connectivity index (χ0n) is 8.89. The lowest BCUT2D eigenvalue weighted by Gasteiger charge is -2.10. The second-order valence-corrected chi connectivity index (χ2v) is 3.72. The summed E-state index contributed by atoms with van der Waals surface area (Å²) in [6.45, 7) is 5.91. The molecule has 1 atom stereocenters. The maximum atomic E-state index is 5.43. The summed E-state index contributed by atoms with van der Waals surface area (Å²) in [6, 6.07) is 0. The molecule has 3 heteroatoms. The molecular weight excluding hydrogens is 162 g/mol. The van der Waals surface area contributed by atoms with Gasteiger partial charge >= 0.3 is 0 Å². The molecule has 1 unspecified atom stereocenters. The lowest BCUT2D eigenvalue weighted by Crippen LogP contribution is -2.24. The standard InChI is InChI=1S/C10H25N3/c1-10(4-2-3-6-11)5-8-13-9-7-12/h10,13H,2-9,11-12H2,1H3. The highest BCUT2D eigenvalue weighted by molar-refractivity contribution is 4.57. The SMILES string of the molecule is CC(CCCCN)CCNCCN. The second kappa shape index (κ2) is 9.96. The molecule has 13 heavy (non-hydrogen) atoms. The fourth-order valence-electron chi connectivity index (χ4n) is 1.36. The van der Waals surface area contributed by atoms with Crippen LogP contribution in [0.15, 0.2) is 0 Å². The molecule has 0 aliphatic rings. The van der Waals surface area contributed by atoms with E-state index in [1.54, 1.807) is 0 Å². The smallest absolute Gasteiger partial charge is 0.00745 e. The number of nitrogens with one attached hydrogen (secondary N) is 1. The Labute approximate surface area is 82.3 Å². The molecule has 5 N–H and O–H groups in total. The molecule has 0 saturated carbocycles. The molecule has 0 saturated heterocycles. The second-order valence-electron chi connectivity index (χ2n) is 3.72. The summed E-state index contributed by atoms with van der Waals surface area (Å²) in [5, 5.41) is 3.31. The summed E-state index contributed by atoms with van der Waals surface area (Å²) in [4.78, 5) is 0. The van der Waals surface area contributed by atoms with Crippen molar-refractivity contribution < 1.29 is 0 Å². The molecule has 0 aromatic heterocycles. The summed E-state index contributed by atoms with van der Waals surface area (Å²) in [7, 11) is 0. The van der Waals surface area contributed by atoms with Gasteiger partial charge in [-0.2, -0.15) is 0 Å². The Morgan fingerprint density at radius 3 is 2.38 bits per heavy atom. The Kier molecular flexibility index (Phi) is 9.87. The third-order valence-electron chi connectivity index (χ3n) is 2.29. The molecule has 0 fully saturated rings. The highest BCUT2D eigenvalue weighted by atomic mass is 14.9. The van der Waals surface area contributed by atoms with E-state index in [4.69, 9.17) is 11.5 Å². The quantitative estimate of drug-likeness (QED) is 0.465. The van der Waals surface area contributed by atoms with E-state index in [0.29, 0.717) is 0 Å². The monoisotopic (exact) mass is 187 g/mol. The first kappa shape index (κ1) is 12.9. The number of rotatable bonds is 9. The molecule has 0 radical (unpaired) electrons. The van der Waals surface area contributed by atoms with Crippen LogP contribution in [0, 0.1) is 5.92 Å². The Bertz CT molecular complexity index is 96.2. The molecule has 0 aromatic rings. The third kappa shape index (κ3) is 9.80. The molecular formula is C10H25N3. The van der Waals surface area contributed by atoms with E-state index in [-0.39, 0.29) is 0 Å². The van der Waals surface area contributed by atoms with Crippen molar-refractivity contribution in [2.45, 2.75) is 32.6 Å². The number of hydrogen-bond acceptors (Lipinski definition) is 3. The molecule has 0 aliphatic carbocycles. The van der Waals surface area contributed by atoms with Crippen LogP contribution in [0.25, 0.3) is 0 Å². The lowest BCUT2D eigenvalue weighted by molar-refractivity contribution is 0.452. The maximum absolute atomic E-state index is 5.43. The first-order chi connectivity index (χ1) is 6.31. The summed E-state index contributed by atoms with van der Waals surface area (Å²) >= 11 is 0. The Balaban J connectivity index is 3.05. The van der Waals surface area contributed by atoms with Crippen molar-refractivity contribution in [2.24, 2.45) is 17.4 Å². The van der Waals surface area contributed by atoms with Crippen LogP contribution in [-0.2, 0) is 0 Å². The first-order valence-corrected chi connectivity index (χ1v) is 5.42. The van der Waals surface area contributed by atoms with Crippen molar-refractivity contribution in [1.82, 2.24) is 5.32 Å². The van der Waals surface area contributed by atoms with Crippen LogP contribution in [0.2, 0.25) is 0 Å². The molecule has 3 nitrogen and oxygen atoms in total. The van der Waals surface area contributed by atoms with Gasteiger partial charge in [-0.1, -0.05) is 19.8 Å². The van der Waals surface area contributed by atoms with Crippen LogP contribution in [0.5, 0.6) is 0 Å². The van der Waals surface area contributed by atoms with Crippen LogP contribution in [-0.4, -0.2) is 26.2 Å². The molecule has 0 aromatic carbocycles. The van der Waals surface area contributed by atoms with Gasteiger partial charge in [-0.25, -0.2) is 0 Å². The maximum Gasteiger partial charge on any atom is 0.00745 e. The van der Waals surface area contributed by atoms with Crippen LogP contribution in [0.3, 0.4) is 0 Å². The van der Waals surface area contributed by atoms with Gasteiger partial charge in [0.1, 0.15) is 0 Å². The zero-order valence-corrected chi connectivity index (χ0v) is 8.89. The van der Waals surface area contributed by atoms with E-state index in [1.807, 2.05) is 0 Å². The molecule has 0 spiro atoms. The van der Waals surface area contributed by atoms with Crippen molar-refractivity contribution in [3.8, 4) is 0 Å². The van der Waals surface area contributed by atoms with Gasteiger partial charge in [0, 0.05) is 13.1 Å². The summed E-state index contributed by atoms with van der Waals surface area (Å²) < 4.78 is 0. The summed E-state index contributed by atoms with van der Waals surface area (Å²) in [5.74, 6) is 0.817. The topological polar surface area (TPSA) is 64.1 Å². The van der Waals surface area contributed by atoms with E-state index in [1.165, 1.54) is 25.7 Å². The highest BCUT2D eigenvalue weighted by Gasteiger charge is 2.00. The van der Waals surface area contributed by atoms with Crippen molar-refractivity contribution in [1.29, 1.82) is 0 Å². The van der Waals surface area contributed by atoms with Crippen LogP contribution < -0.4 is 16.8 Å². The van der Waals surface area contributed by atoms with E-state index in [9.17, 15) is 0 Å². The Morgan fingerprint density at radius 1 is 1.00 bits per heavy atom. The van der Waals surface area contributed by atoms with Gasteiger partial charge in [-0.15, -0.1) is 0 Å². The summed E-state index contributed by atoms with van der Waals surface area (Å²) in [5.41, 5.74) is 10.8. The normalized spacial score (nSPS) is 13.2. The van der Waals surface area contributed by atoms with Gasteiger partial charge in [-0.05, 0) is 31.8 Å². The highest BCUT2D eigenvalue weighted by Crippen LogP contribution is 2.10. The molecule has 0 amide bonds. The van der Waals surface area contributed by atoms with E-state index in [0.717, 1.165) is 32.1 Å². The number of nitrogens with two attached hydrogens (primary N) is 2. The zero-order chi connectivity index (χ0) is 9.94. The summed E-state index contributed by atoms with van der Waals surface area (Å²) in [6.07, 6.45) is 5.00. The number of unbranched alkanes of at least 4 members (excludes halogenated alkanes) is 1. The predicted octanol–water partition coefficient (Wildman–Crippen LogP) is 0.690. The first-order valence-electron chi connectivity index (χ1n) is 5.42. The minimum atomic E-state index is 0.738. The predicted molar refractivity (Wildman–Crippen MR) is 58.6 cm³/mol. The number of hydrogen-bond donors (Lipinski definition) is 3. The fraction of sp³-hybridized carbons (Fsp3) is 1.00. The Hall–Kier alpha value is -0.120. The average molecular weight is 187 g/mol. The molecule has 0 aliphatic heterocycles. The van der Waals surface area contributed by atoms with Crippen molar-refractivity contribution in [2.75, 3.05) is 26.2 Å². The Morgan fingerprint density at radius 2 is 1.77 bits per heavy atom. The molecule has 80 valence electrons. The van der Waals surface area contributed by atoms with E-state index < -0.39 is 0 Å². The lowest BCUT2D eigenvalue weighted by atomic mass is 10.0. The van der Waals surface area contributed by atoms with Gasteiger partial charge < -0.3 is 16.8 Å². The third-order valence-corrected chi connectivity index (χ3v) is 2.29. The average Bonchev–Trinajstić information content (AvgIpc) is 2.13. The largest absolute Gasteiger partial charge is 0.330 e. The van der Waals surface area contributed by atoms with Crippen molar-refractivity contribution >= 4 is 0 Å². The van der Waals surface area contributed by atoms with E-state index >= 15 is 0 Å². The van der Waals surface area contributed by atoms with Crippen molar-refractivity contribution in [3.05, 3.63) is 0 Å². The molecule has 0 heterocycles. The van der Waals surface area contributed by atoms with Gasteiger partial charge in [0.2, 0.25) is 0 Å². The fourth-order valence-corrected chi connectivity index (χ4v) is 1.36. The van der Waals surface area contributed by atoms with Crippen LogP contribution in [0.4, 0.5) is 0 Å². The molecule has 0 bridgehead atoms. The van der Waals surface area contributed by atoms with Gasteiger partial charge in [-0.3, -0.25) is 0 Å². The van der Waals surface area contributed by atoms with Gasteiger partial charge in [0.05, 0.1) is 0 Å². The minimum Gasteiger partial charge on any atom is -0.330 e. The molecule has 0 rings (SSSR count). The minimum absolute atomic E-state index is 0.738.